The monoisotopic (exact) mass is 510 g/mol. The lowest BCUT2D eigenvalue weighted by Gasteiger charge is -2.27. The SMILES string of the molecule is Cc1ccc2c(c1)[C@H]([C@@H]1COC(c3cc(C)cc4c3-c3cncn3[C@@H]4[C@H]3COC[C@@H]3O)[C@H]1O)n1cncc1-2. The Balaban J connectivity index is 1.21. The molecule has 2 saturated heterocycles. The Morgan fingerprint density at radius 2 is 1.50 bits per heavy atom. The van der Waals surface area contributed by atoms with Gasteiger partial charge in [0.2, 0.25) is 0 Å². The van der Waals surface area contributed by atoms with Crippen molar-refractivity contribution in [3.8, 4) is 22.5 Å². The van der Waals surface area contributed by atoms with E-state index in [4.69, 9.17) is 9.47 Å². The maximum absolute atomic E-state index is 11.9. The zero-order chi connectivity index (χ0) is 25.7. The molecule has 38 heavy (non-hydrogen) atoms. The Morgan fingerprint density at radius 3 is 2.29 bits per heavy atom. The third-order valence-corrected chi connectivity index (χ3v) is 9.08. The average molecular weight is 511 g/mol. The van der Waals surface area contributed by atoms with Crippen LogP contribution in [0.2, 0.25) is 0 Å². The van der Waals surface area contributed by atoms with Gasteiger partial charge >= 0.3 is 0 Å². The number of ether oxygens (including phenoxy) is 2. The largest absolute Gasteiger partial charge is 0.390 e. The van der Waals surface area contributed by atoms with E-state index in [1.54, 1.807) is 0 Å². The summed E-state index contributed by atoms with van der Waals surface area (Å²) in [6.07, 6.45) is 5.80. The standard InChI is InChI=1S/C30H30N4O4/c1-15-3-4-17-18(5-15)27(33-13-31-8-23(17)33)22-11-38-30(29(22)36)20-7-16(2)6-19-26(20)24-9-32-14-34(24)28(19)21-10-37-12-25(21)35/h3-9,13-14,21-22,25,27-30,35-36H,10-12H2,1-2H3/t21-,22-,25-,27+,28-,29-,30?/m0/s1. The maximum atomic E-state index is 11.9. The molecule has 0 bridgehead atoms. The predicted octanol–water partition coefficient (Wildman–Crippen LogP) is 3.59. The Labute approximate surface area is 220 Å². The average Bonchev–Trinajstić information content (AvgIpc) is 3.71. The molecular weight excluding hydrogens is 480 g/mol. The maximum Gasteiger partial charge on any atom is 0.109 e. The van der Waals surface area contributed by atoms with E-state index in [9.17, 15) is 10.2 Å². The van der Waals surface area contributed by atoms with Crippen LogP contribution in [0, 0.1) is 25.7 Å². The highest BCUT2D eigenvalue weighted by Gasteiger charge is 2.48. The van der Waals surface area contributed by atoms with Gasteiger partial charge in [-0.15, -0.1) is 0 Å². The smallest absolute Gasteiger partial charge is 0.109 e. The number of hydrogen-bond donors (Lipinski definition) is 2. The molecule has 8 heteroatoms. The van der Waals surface area contributed by atoms with Crippen molar-refractivity contribution >= 4 is 0 Å². The Morgan fingerprint density at radius 1 is 0.789 bits per heavy atom. The first kappa shape index (κ1) is 22.7. The van der Waals surface area contributed by atoms with Gasteiger partial charge in [-0.25, -0.2) is 9.97 Å². The number of imidazole rings is 2. The summed E-state index contributed by atoms with van der Waals surface area (Å²) >= 11 is 0. The van der Waals surface area contributed by atoms with Crippen LogP contribution in [0.4, 0.5) is 0 Å². The summed E-state index contributed by atoms with van der Waals surface area (Å²) < 4.78 is 16.5. The second-order valence-electron chi connectivity index (χ2n) is 11.3. The van der Waals surface area contributed by atoms with E-state index in [1.165, 1.54) is 16.7 Å². The molecular formula is C30H30N4O4. The van der Waals surface area contributed by atoms with Gasteiger partial charge in [-0.05, 0) is 30.5 Å². The third kappa shape index (κ3) is 3.00. The van der Waals surface area contributed by atoms with E-state index in [1.807, 2.05) is 25.0 Å². The number of rotatable bonds is 3. The molecule has 2 aromatic heterocycles. The van der Waals surface area contributed by atoms with Crippen molar-refractivity contribution in [3.63, 3.8) is 0 Å². The first-order chi connectivity index (χ1) is 18.5. The molecule has 0 spiro atoms. The highest BCUT2D eigenvalue weighted by atomic mass is 16.5. The molecule has 0 radical (unpaired) electrons. The predicted molar refractivity (Wildman–Crippen MR) is 140 cm³/mol. The zero-order valence-electron chi connectivity index (χ0n) is 21.4. The number of aliphatic hydroxyl groups is 2. The number of aryl methyl sites for hydroxylation is 2. The topological polar surface area (TPSA) is 94.6 Å². The fraction of sp³-hybridized carbons (Fsp3) is 0.400. The molecule has 0 saturated carbocycles. The first-order valence-electron chi connectivity index (χ1n) is 13.4. The molecule has 1 unspecified atom stereocenters. The van der Waals surface area contributed by atoms with E-state index in [0.29, 0.717) is 19.8 Å². The third-order valence-electron chi connectivity index (χ3n) is 9.08. The van der Waals surface area contributed by atoms with Crippen LogP contribution in [0.25, 0.3) is 22.5 Å². The number of nitrogens with zero attached hydrogens (tertiary/aromatic N) is 4. The molecule has 8 rings (SSSR count). The first-order valence-corrected chi connectivity index (χ1v) is 13.4. The second-order valence-corrected chi connectivity index (χ2v) is 11.3. The lowest BCUT2D eigenvalue weighted by Crippen LogP contribution is -2.29. The minimum atomic E-state index is -0.705. The Kier molecular flexibility index (Phi) is 4.83. The molecule has 4 aromatic rings. The summed E-state index contributed by atoms with van der Waals surface area (Å²) in [4.78, 5) is 8.88. The summed E-state index contributed by atoms with van der Waals surface area (Å²) in [5, 5.41) is 22.6. The fourth-order valence-electron chi connectivity index (χ4n) is 7.43. The summed E-state index contributed by atoms with van der Waals surface area (Å²) in [6, 6.07) is 10.8. The second kappa shape index (κ2) is 8.10. The van der Waals surface area contributed by atoms with Gasteiger partial charge < -0.3 is 28.8 Å². The van der Waals surface area contributed by atoms with Crippen LogP contribution in [0.1, 0.15) is 46.0 Å². The highest BCUT2D eigenvalue weighted by Crippen LogP contribution is 2.53. The molecule has 4 aliphatic heterocycles. The molecule has 4 aliphatic rings. The van der Waals surface area contributed by atoms with Gasteiger partial charge in [0.05, 0.1) is 80.5 Å². The van der Waals surface area contributed by atoms with Crippen molar-refractivity contribution in [2.45, 2.75) is 44.2 Å². The lowest BCUT2D eigenvalue weighted by molar-refractivity contribution is 0.0366. The summed E-state index contributed by atoms with van der Waals surface area (Å²) in [6.45, 7) is 5.49. The van der Waals surface area contributed by atoms with Crippen LogP contribution in [-0.4, -0.2) is 61.3 Å². The van der Waals surface area contributed by atoms with Crippen molar-refractivity contribution in [3.05, 3.63) is 83.2 Å². The lowest BCUT2D eigenvalue weighted by atomic mass is 9.83. The number of hydrogen-bond acceptors (Lipinski definition) is 6. The van der Waals surface area contributed by atoms with Gasteiger partial charge in [-0.1, -0.05) is 41.5 Å². The van der Waals surface area contributed by atoms with E-state index in [-0.39, 0.29) is 23.9 Å². The normalized spacial score (nSPS) is 30.9. The molecule has 194 valence electrons. The summed E-state index contributed by atoms with van der Waals surface area (Å²) in [5.74, 6) is -0.182. The molecule has 7 atom stereocenters. The summed E-state index contributed by atoms with van der Waals surface area (Å²) in [7, 11) is 0. The number of fused-ring (bicyclic) bond motifs is 6. The summed E-state index contributed by atoms with van der Waals surface area (Å²) in [5.41, 5.74) is 9.98. The molecule has 0 aliphatic carbocycles. The van der Waals surface area contributed by atoms with Gasteiger partial charge in [-0.2, -0.15) is 0 Å². The van der Waals surface area contributed by atoms with Gasteiger partial charge in [0.1, 0.15) is 6.10 Å². The minimum Gasteiger partial charge on any atom is -0.390 e. The van der Waals surface area contributed by atoms with Crippen molar-refractivity contribution < 1.29 is 19.7 Å². The molecule has 6 heterocycles. The fourth-order valence-corrected chi connectivity index (χ4v) is 7.43. The van der Waals surface area contributed by atoms with Gasteiger partial charge in [0.15, 0.2) is 0 Å². The van der Waals surface area contributed by atoms with Crippen molar-refractivity contribution in [2.24, 2.45) is 11.8 Å². The van der Waals surface area contributed by atoms with Crippen molar-refractivity contribution in [1.29, 1.82) is 0 Å². The molecule has 8 nitrogen and oxygen atoms in total. The molecule has 0 amide bonds. The van der Waals surface area contributed by atoms with Crippen LogP contribution < -0.4 is 0 Å². The van der Waals surface area contributed by atoms with E-state index in [2.05, 4.69) is 63.3 Å². The highest BCUT2D eigenvalue weighted by molar-refractivity contribution is 5.75. The number of benzene rings is 2. The number of aromatic nitrogens is 4. The van der Waals surface area contributed by atoms with Crippen LogP contribution in [0.3, 0.4) is 0 Å². The van der Waals surface area contributed by atoms with Crippen LogP contribution in [0.15, 0.2) is 55.4 Å². The van der Waals surface area contributed by atoms with Crippen molar-refractivity contribution in [2.75, 3.05) is 19.8 Å². The van der Waals surface area contributed by atoms with Gasteiger partial charge in [0, 0.05) is 23.0 Å². The van der Waals surface area contributed by atoms with Gasteiger partial charge in [-0.3, -0.25) is 0 Å². The van der Waals surface area contributed by atoms with E-state index >= 15 is 0 Å². The molecule has 2 N–H and O–H groups in total. The zero-order valence-corrected chi connectivity index (χ0v) is 21.4. The van der Waals surface area contributed by atoms with Crippen LogP contribution >= 0.6 is 0 Å². The van der Waals surface area contributed by atoms with Crippen LogP contribution in [0.5, 0.6) is 0 Å². The quantitative estimate of drug-likeness (QED) is 0.438. The van der Waals surface area contributed by atoms with Crippen molar-refractivity contribution in [1.82, 2.24) is 19.1 Å². The molecule has 2 aromatic carbocycles. The van der Waals surface area contributed by atoms with Gasteiger partial charge in [0.25, 0.3) is 0 Å². The number of aliphatic hydroxyl groups excluding tert-OH is 2. The van der Waals surface area contributed by atoms with E-state index in [0.717, 1.165) is 33.6 Å². The minimum absolute atomic E-state index is 0.0377. The van der Waals surface area contributed by atoms with Crippen LogP contribution in [-0.2, 0) is 9.47 Å². The van der Waals surface area contributed by atoms with E-state index < -0.39 is 18.3 Å². The molecule has 2 fully saturated rings. The Hall–Kier alpha value is -3.30. The Bertz CT molecular complexity index is 1570.